The van der Waals surface area contributed by atoms with E-state index >= 15 is 0 Å². The van der Waals surface area contributed by atoms with E-state index < -0.39 is 22.2 Å². The van der Waals surface area contributed by atoms with Crippen LogP contribution in [-0.2, 0) is 0 Å². The number of hydrogen-bond donors (Lipinski definition) is 1. The molecular weight excluding hydrogens is 371 g/mol. The molecule has 2 aromatic carbocycles. The van der Waals surface area contributed by atoms with Crippen LogP contribution in [0, 0.1) is 15.9 Å². The number of halogens is 1. The zero-order valence-electron chi connectivity index (χ0n) is 14.5. The van der Waals surface area contributed by atoms with Crippen LogP contribution in [0.1, 0.15) is 10.5 Å². The van der Waals surface area contributed by atoms with Crippen molar-refractivity contribution in [2.75, 3.05) is 12.4 Å². The van der Waals surface area contributed by atoms with Gasteiger partial charge in [-0.15, -0.1) is 0 Å². The van der Waals surface area contributed by atoms with Crippen LogP contribution in [0.25, 0.3) is 5.69 Å². The highest BCUT2D eigenvalue weighted by Gasteiger charge is 2.21. The Bertz CT molecular complexity index is 1110. The quantitative estimate of drug-likeness (QED) is 0.534. The van der Waals surface area contributed by atoms with Crippen molar-refractivity contribution < 1.29 is 18.8 Å². The van der Waals surface area contributed by atoms with Gasteiger partial charge in [0, 0.05) is 6.07 Å². The Balaban J connectivity index is 2.04. The summed E-state index contributed by atoms with van der Waals surface area (Å²) in [4.78, 5) is 35.4. The van der Waals surface area contributed by atoms with E-state index in [1.807, 2.05) is 0 Å². The number of aromatic nitrogens is 2. The molecule has 1 amide bonds. The van der Waals surface area contributed by atoms with Crippen LogP contribution in [-0.4, -0.2) is 27.7 Å². The smallest absolute Gasteiger partial charge is 0.292 e. The number of nitrogens with one attached hydrogen (secondary N) is 1. The van der Waals surface area contributed by atoms with Gasteiger partial charge < -0.3 is 10.1 Å². The summed E-state index contributed by atoms with van der Waals surface area (Å²) in [5.41, 5.74) is -0.994. The minimum atomic E-state index is -0.818. The maximum atomic E-state index is 13.1. The summed E-state index contributed by atoms with van der Waals surface area (Å²) in [7, 11) is 1.25. The Hall–Kier alpha value is -4.08. The second-order valence-corrected chi connectivity index (χ2v) is 5.52. The molecule has 1 aromatic heterocycles. The molecule has 0 saturated heterocycles. The lowest BCUT2D eigenvalue weighted by atomic mass is 10.2. The molecule has 0 unspecified atom stereocenters. The Morgan fingerprint density at radius 3 is 2.54 bits per heavy atom. The maximum absolute atomic E-state index is 13.1. The lowest BCUT2D eigenvalue weighted by Crippen LogP contribution is -2.26. The molecule has 0 aliphatic heterocycles. The van der Waals surface area contributed by atoms with E-state index in [1.165, 1.54) is 43.5 Å². The number of amides is 1. The van der Waals surface area contributed by atoms with Crippen molar-refractivity contribution in [2.45, 2.75) is 0 Å². The molecule has 0 spiro atoms. The van der Waals surface area contributed by atoms with Gasteiger partial charge in [0.25, 0.3) is 17.2 Å². The van der Waals surface area contributed by atoms with Gasteiger partial charge in [0.15, 0.2) is 11.4 Å². The zero-order valence-corrected chi connectivity index (χ0v) is 14.5. The zero-order chi connectivity index (χ0) is 20.3. The lowest BCUT2D eigenvalue weighted by molar-refractivity contribution is -0.383. The van der Waals surface area contributed by atoms with Crippen molar-refractivity contribution in [1.82, 2.24) is 9.78 Å². The van der Waals surface area contributed by atoms with E-state index in [-0.39, 0.29) is 28.5 Å². The summed E-state index contributed by atoms with van der Waals surface area (Å²) in [6.45, 7) is 0. The maximum Gasteiger partial charge on any atom is 0.292 e. The van der Waals surface area contributed by atoms with Gasteiger partial charge in [-0.05, 0) is 30.3 Å². The predicted octanol–water partition coefficient (Wildman–Crippen LogP) is 2.54. The fraction of sp³-hybridized carbons (Fsp3) is 0.0556. The van der Waals surface area contributed by atoms with Gasteiger partial charge in [-0.25, -0.2) is 4.39 Å². The van der Waals surface area contributed by atoms with Crippen LogP contribution in [0.4, 0.5) is 15.8 Å². The molecular formula is C18H13FN4O5. The molecule has 0 fully saturated rings. The number of nitro benzene ring substituents is 1. The molecule has 0 atom stereocenters. The number of para-hydroxylation sites is 2. The first kappa shape index (κ1) is 18.7. The molecule has 28 heavy (non-hydrogen) atoms. The van der Waals surface area contributed by atoms with E-state index in [4.69, 9.17) is 4.74 Å². The molecule has 142 valence electrons. The number of carbonyl (C=O) groups is 1. The Labute approximate surface area is 157 Å². The number of benzene rings is 2. The van der Waals surface area contributed by atoms with Crippen molar-refractivity contribution in [2.24, 2.45) is 0 Å². The van der Waals surface area contributed by atoms with Crippen LogP contribution in [0.15, 0.2) is 59.4 Å². The number of nitrogens with zero attached hydrogens (tertiary/aromatic N) is 3. The number of ether oxygens (including phenoxy) is 1. The number of hydrogen-bond acceptors (Lipinski definition) is 6. The lowest BCUT2D eigenvalue weighted by Gasteiger charge is -2.11. The number of nitro groups is 1. The fourth-order valence-electron chi connectivity index (χ4n) is 2.44. The van der Waals surface area contributed by atoms with Gasteiger partial charge in [0.05, 0.1) is 23.8 Å². The second kappa shape index (κ2) is 7.66. The third-order valence-electron chi connectivity index (χ3n) is 3.75. The van der Waals surface area contributed by atoms with Crippen molar-refractivity contribution in [3.05, 3.63) is 86.6 Å². The van der Waals surface area contributed by atoms with Crippen LogP contribution >= 0.6 is 0 Å². The monoisotopic (exact) mass is 384 g/mol. The minimum absolute atomic E-state index is 0.0408. The standard InChI is InChI=1S/C18H13FN4O5/c1-28-15-10-16(24)22(12-8-6-11(19)7-9-12)21-17(15)18(25)20-13-4-2-3-5-14(13)23(26)27/h2-10H,1H3,(H,20,25). The van der Waals surface area contributed by atoms with Crippen LogP contribution in [0.3, 0.4) is 0 Å². The summed E-state index contributed by atoms with van der Waals surface area (Å²) in [5, 5.41) is 17.5. The molecule has 1 heterocycles. The first-order valence-corrected chi connectivity index (χ1v) is 7.90. The van der Waals surface area contributed by atoms with Crippen LogP contribution in [0.5, 0.6) is 5.75 Å². The molecule has 9 nitrogen and oxygen atoms in total. The molecule has 0 radical (unpaired) electrons. The van der Waals surface area contributed by atoms with Gasteiger partial charge >= 0.3 is 0 Å². The normalized spacial score (nSPS) is 10.4. The summed E-state index contributed by atoms with van der Waals surface area (Å²) in [5.74, 6) is -1.43. The van der Waals surface area contributed by atoms with E-state index in [1.54, 1.807) is 0 Å². The Kier molecular flexibility index (Phi) is 5.12. The van der Waals surface area contributed by atoms with Gasteiger partial charge in [-0.1, -0.05) is 12.1 Å². The van der Waals surface area contributed by atoms with Gasteiger partial charge in [-0.2, -0.15) is 9.78 Å². The molecule has 3 rings (SSSR count). The van der Waals surface area contributed by atoms with Crippen LogP contribution in [0.2, 0.25) is 0 Å². The number of rotatable bonds is 5. The topological polar surface area (TPSA) is 116 Å². The van der Waals surface area contributed by atoms with E-state index in [2.05, 4.69) is 10.4 Å². The third-order valence-corrected chi connectivity index (χ3v) is 3.75. The first-order chi connectivity index (χ1) is 13.4. The molecule has 0 aliphatic carbocycles. The van der Waals surface area contributed by atoms with E-state index in [9.17, 15) is 24.1 Å². The van der Waals surface area contributed by atoms with Gasteiger partial charge in [0.1, 0.15) is 11.5 Å². The summed E-state index contributed by atoms with van der Waals surface area (Å²) < 4.78 is 19.1. The summed E-state index contributed by atoms with van der Waals surface area (Å²) >= 11 is 0. The molecule has 10 heteroatoms. The average molecular weight is 384 g/mol. The molecule has 0 bridgehead atoms. The number of carbonyl (C=O) groups excluding carboxylic acids is 1. The van der Waals surface area contributed by atoms with Gasteiger partial charge in [-0.3, -0.25) is 19.7 Å². The summed E-state index contributed by atoms with van der Waals surface area (Å²) in [6, 6.07) is 11.5. The Morgan fingerprint density at radius 1 is 1.21 bits per heavy atom. The van der Waals surface area contributed by atoms with Crippen molar-refractivity contribution in [1.29, 1.82) is 0 Å². The van der Waals surface area contributed by atoms with E-state index in [0.717, 1.165) is 22.9 Å². The summed E-state index contributed by atoms with van der Waals surface area (Å²) in [6.07, 6.45) is 0. The Morgan fingerprint density at radius 2 is 1.89 bits per heavy atom. The third kappa shape index (κ3) is 3.70. The molecule has 0 aliphatic rings. The second-order valence-electron chi connectivity index (χ2n) is 5.52. The minimum Gasteiger partial charge on any atom is -0.494 e. The molecule has 3 aromatic rings. The highest BCUT2D eigenvalue weighted by Crippen LogP contribution is 2.24. The molecule has 1 N–H and O–H groups in total. The highest BCUT2D eigenvalue weighted by atomic mass is 19.1. The average Bonchev–Trinajstić information content (AvgIpc) is 2.68. The molecule has 0 saturated carbocycles. The van der Waals surface area contributed by atoms with E-state index in [0.29, 0.717) is 0 Å². The van der Waals surface area contributed by atoms with Crippen molar-refractivity contribution in [3.8, 4) is 11.4 Å². The van der Waals surface area contributed by atoms with Gasteiger partial charge in [0.2, 0.25) is 0 Å². The number of anilines is 1. The largest absolute Gasteiger partial charge is 0.494 e. The van der Waals surface area contributed by atoms with Crippen molar-refractivity contribution >= 4 is 17.3 Å². The highest BCUT2D eigenvalue weighted by molar-refractivity contribution is 6.05. The van der Waals surface area contributed by atoms with Crippen molar-refractivity contribution in [3.63, 3.8) is 0 Å². The first-order valence-electron chi connectivity index (χ1n) is 7.90. The predicted molar refractivity (Wildman–Crippen MR) is 97.4 cm³/mol. The SMILES string of the molecule is COc1cc(=O)n(-c2ccc(F)cc2)nc1C(=O)Nc1ccccc1[N+](=O)[O-]. The van der Waals surface area contributed by atoms with Crippen LogP contribution < -0.4 is 15.6 Å². The number of methoxy groups -OCH3 is 1. The fourth-order valence-corrected chi connectivity index (χ4v) is 2.44.